The molecule has 0 amide bonds. The molecule has 0 radical (unpaired) electrons. The van der Waals surface area contributed by atoms with E-state index in [0.29, 0.717) is 19.1 Å². The molecule has 0 bridgehead atoms. The highest BCUT2D eigenvalue weighted by Crippen LogP contribution is 2.11. The molecule has 0 spiro atoms. The summed E-state index contributed by atoms with van der Waals surface area (Å²) in [5.74, 6) is 0. The van der Waals surface area contributed by atoms with Crippen LogP contribution in [0.1, 0.15) is 26.7 Å². The van der Waals surface area contributed by atoms with E-state index in [1.807, 2.05) is 25.9 Å². The van der Waals surface area contributed by atoms with Crippen LogP contribution in [0.5, 0.6) is 0 Å². The second kappa shape index (κ2) is 6.69. The Labute approximate surface area is 106 Å². The monoisotopic (exact) mass is 243 g/mol. The van der Waals surface area contributed by atoms with Crippen molar-refractivity contribution in [1.29, 1.82) is 0 Å². The maximum atomic E-state index is 10.2. The van der Waals surface area contributed by atoms with Gasteiger partial charge in [-0.15, -0.1) is 0 Å². The molecular weight excluding hydrogens is 214 g/mol. The van der Waals surface area contributed by atoms with Crippen molar-refractivity contribution in [3.8, 4) is 0 Å². The van der Waals surface area contributed by atoms with E-state index in [4.69, 9.17) is 0 Å². The van der Waals surface area contributed by atoms with Gasteiger partial charge in [0.15, 0.2) is 0 Å². The highest BCUT2D eigenvalue weighted by molar-refractivity contribution is 4.83. The fourth-order valence-corrected chi connectivity index (χ4v) is 2.55. The Balaban J connectivity index is 2.22. The van der Waals surface area contributed by atoms with E-state index in [2.05, 4.69) is 17.1 Å². The topological polar surface area (TPSA) is 38.7 Å². The standard InChI is InChI=1S/C13H29N3O/c1-5-16-8-6-12(7-9-16)14-10-13(2,17)11-15(3)4/h12,14,17H,5-11H2,1-4H3. The van der Waals surface area contributed by atoms with Gasteiger partial charge < -0.3 is 20.2 Å². The van der Waals surface area contributed by atoms with Gasteiger partial charge in [-0.3, -0.25) is 0 Å². The van der Waals surface area contributed by atoms with Crippen molar-refractivity contribution in [1.82, 2.24) is 15.1 Å². The molecule has 0 aromatic rings. The first kappa shape index (κ1) is 14.9. The molecule has 0 saturated carbocycles. The fraction of sp³-hybridized carbons (Fsp3) is 1.00. The van der Waals surface area contributed by atoms with Gasteiger partial charge in [0, 0.05) is 19.1 Å². The number of hydrogen-bond donors (Lipinski definition) is 2. The number of nitrogens with one attached hydrogen (secondary N) is 1. The lowest BCUT2D eigenvalue weighted by molar-refractivity contribution is 0.0289. The van der Waals surface area contributed by atoms with Gasteiger partial charge in [-0.25, -0.2) is 0 Å². The molecule has 4 nitrogen and oxygen atoms in total. The average Bonchev–Trinajstić information content (AvgIpc) is 2.25. The number of likely N-dealkylation sites (N-methyl/N-ethyl adjacent to an activating group) is 1. The zero-order chi connectivity index (χ0) is 12.9. The number of hydrogen-bond acceptors (Lipinski definition) is 4. The lowest BCUT2D eigenvalue weighted by Gasteiger charge is -2.34. The summed E-state index contributed by atoms with van der Waals surface area (Å²) in [5, 5.41) is 13.7. The second-order valence-electron chi connectivity index (χ2n) is 5.82. The molecule has 0 aromatic heterocycles. The Kier molecular flexibility index (Phi) is 5.86. The summed E-state index contributed by atoms with van der Waals surface area (Å²) in [6, 6.07) is 0.575. The minimum absolute atomic E-state index is 0.575. The maximum absolute atomic E-state index is 10.2. The van der Waals surface area contributed by atoms with Gasteiger partial charge >= 0.3 is 0 Å². The molecule has 1 aliphatic rings. The maximum Gasteiger partial charge on any atom is 0.0869 e. The van der Waals surface area contributed by atoms with E-state index in [-0.39, 0.29) is 0 Å². The zero-order valence-corrected chi connectivity index (χ0v) is 11.9. The first-order valence-electron chi connectivity index (χ1n) is 6.76. The van der Waals surface area contributed by atoms with Crippen molar-refractivity contribution in [2.75, 3.05) is 46.8 Å². The van der Waals surface area contributed by atoms with E-state index in [9.17, 15) is 5.11 Å². The van der Waals surface area contributed by atoms with Gasteiger partial charge in [0.1, 0.15) is 0 Å². The van der Waals surface area contributed by atoms with E-state index in [0.717, 1.165) is 6.54 Å². The fourth-order valence-electron chi connectivity index (χ4n) is 2.55. The SMILES string of the molecule is CCN1CCC(NCC(C)(O)CN(C)C)CC1. The Hall–Kier alpha value is -0.160. The Morgan fingerprint density at radius 3 is 2.41 bits per heavy atom. The Morgan fingerprint density at radius 1 is 1.35 bits per heavy atom. The minimum Gasteiger partial charge on any atom is -0.388 e. The number of piperidine rings is 1. The van der Waals surface area contributed by atoms with Crippen molar-refractivity contribution in [2.45, 2.75) is 38.3 Å². The van der Waals surface area contributed by atoms with Crippen molar-refractivity contribution in [2.24, 2.45) is 0 Å². The quantitative estimate of drug-likeness (QED) is 0.707. The molecule has 1 heterocycles. The third-order valence-electron chi connectivity index (χ3n) is 3.46. The number of rotatable bonds is 6. The summed E-state index contributed by atoms with van der Waals surface area (Å²) in [4.78, 5) is 4.51. The molecule has 4 heteroatoms. The van der Waals surface area contributed by atoms with Crippen LogP contribution in [-0.4, -0.2) is 73.4 Å². The van der Waals surface area contributed by atoms with Crippen LogP contribution < -0.4 is 5.32 Å². The van der Waals surface area contributed by atoms with Crippen LogP contribution in [0.2, 0.25) is 0 Å². The summed E-state index contributed by atoms with van der Waals surface area (Å²) in [6.45, 7) is 9.03. The molecule has 1 rings (SSSR count). The van der Waals surface area contributed by atoms with Crippen molar-refractivity contribution < 1.29 is 5.11 Å². The Morgan fingerprint density at radius 2 is 1.94 bits per heavy atom. The van der Waals surface area contributed by atoms with Gasteiger partial charge in [0.25, 0.3) is 0 Å². The highest BCUT2D eigenvalue weighted by Gasteiger charge is 2.24. The minimum atomic E-state index is -0.634. The van der Waals surface area contributed by atoms with E-state index in [1.165, 1.54) is 25.9 Å². The van der Waals surface area contributed by atoms with E-state index >= 15 is 0 Å². The first-order valence-corrected chi connectivity index (χ1v) is 6.76. The first-order chi connectivity index (χ1) is 7.93. The number of likely N-dealkylation sites (tertiary alicyclic amines) is 1. The Bertz CT molecular complexity index is 211. The van der Waals surface area contributed by atoms with Crippen LogP contribution >= 0.6 is 0 Å². The van der Waals surface area contributed by atoms with Crippen LogP contribution in [0.15, 0.2) is 0 Å². The van der Waals surface area contributed by atoms with Crippen molar-refractivity contribution in [3.05, 3.63) is 0 Å². The van der Waals surface area contributed by atoms with Gasteiger partial charge in [0.2, 0.25) is 0 Å². The zero-order valence-electron chi connectivity index (χ0n) is 11.9. The molecule has 1 atom stereocenters. The van der Waals surface area contributed by atoms with Gasteiger partial charge in [-0.1, -0.05) is 6.92 Å². The molecule has 0 aromatic carbocycles. The third-order valence-corrected chi connectivity index (χ3v) is 3.46. The predicted molar refractivity (Wildman–Crippen MR) is 72.3 cm³/mol. The predicted octanol–water partition coefficient (Wildman–Crippen LogP) is 0.373. The molecule has 1 saturated heterocycles. The summed E-state index contributed by atoms with van der Waals surface area (Å²) in [7, 11) is 3.99. The summed E-state index contributed by atoms with van der Waals surface area (Å²) < 4.78 is 0. The molecule has 17 heavy (non-hydrogen) atoms. The lowest BCUT2D eigenvalue weighted by Crippen LogP contribution is -2.50. The van der Waals surface area contributed by atoms with Crippen LogP contribution in [0.4, 0.5) is 0 Å². The van der Waals surface area contributed by atoms with Gasteiger partial charge in [-0.05, 0) is 53.5 Å². The number of nitrogens with zero attached hydrogens (tertiary/aromatic N) is 2. The second-order valence-corrected chi connectivity index (χ2v) is 5.82. The van der Waals surface area contributed by atoms with E-state index < -0.39 is 5.60 Å². The molecule has 1 fully saturated rings. The molecule has 1 aliphatic heterocycles. The van der Waals surface area contributed by atoms with Crippen LogP contribution in [0.25, 0.3) is 0 Å². The summed E-state index contributed by atoms with van der Waals surface area (Å²) in [5.41, 5.74) is -0.634. The normalized spacial score (nSPS) is 22.9. The lowest BCUT2D eigenvalue weighted by atomic mass is 10.0. The molecule has 2 N–H and O–H groups in total. The van der Waals surface area contributed by atoms with Gasteiger partial charge in [0.05, 0.1) is 5.60 Å². The number of aliphatic hydroxyl groups is 1. The summed E-state index contributed by atoms with van der Waals surface area (Å²) >= 11 is 0. The smallest absolute Gasteiger partial charge is 0.0869 e. The highest BCUT2D eigenvalue weighted by atomic mass is 16.3. The molecule has 1 unspecified atom stereocenters. The van der Waals surface area contributed by atoms with E-state index in [1.54, 1.807) is 0 Å². The molecule has 102 valence electrons. The van der Waals surface area contributed by atoms with Crippen LogP contribution in [0, 0.1) is 0 Å². The van der Waals surface area contributed by atoms with Crippen molar-refractivity contribution >= 4 is 0 Å². The van der Waals surface area contributed by atoms with Crippen LogP contribution in [0.3, 0.4) is 0 Å². The van der Waals surface area contributed by atoms with Gasteiger partial charge in [-0.2, -0.15) is 0 Å². The van der Waals surface area contributed by atoms with Crippen molar-refractivity contribution in [3.63, 3.8) is 0 Å². The van der Waals surface area contributed by atoms with Crippen LogP contribution in [-0.2, 0) is 0 Å². The molecule has 0 aliphatic carbocycles. The average molecular weight is 243 g/mol. The summed E-state index contributed by atoms with van der Waals surface area (Å²) in [6.07, 6.45) is 2.40. The third kappa shape index (κ3) is 5.82. The molecular formula is C13H29N3O. The largest absolute Gasteiger partial charge is 0.388 e.